The largest absolute Gasteiger partial charge is 0.490 e. The number of aliphatic hydroxyl groups is 1. The van der Waals surface area contributed by atoms with Crippen LogP contribution in [0.2, 0.25) is 0 Å². The van der Waals surface area contributed by atoms with Crippen LogP contribution >= 0.6 is 0 Å². The van der Waals surface area contributed by atoms with Crippen LogP contribution in [0, 0.1) is 0 Å². The SMILES string of the molecule is CCC(C)(C)NCC(O)COc1ccccc1C(=O)CCc1ccccc1. The molecule has 2 aromatic rings. The highest BCUT2D eigenvalue weighted by molar-refractivity contribution is 5.98. The van der Waals surface area contributed by atoms with Gasteiger partial charge in [0, 0.05) is 18.5 Å². The lowest BCUT2D eigenvalue weighted by atomic mass is 10.0. The average molecular weight is 370 g/mol. The number of nitrogens with one attached hydrogen (secondary N) is 1. The van der Waals surface area contributed by atoms with Crippen LogP contribution in [0.1, 0.15) is 49.5 Å². The van der Waals surface area contributed by atoms with E-state index >= 15 is 0 Å². The standard InChI is InChI=1S/C23H31NO3/c1-4-23(2,3)24-16-19(25)17-27-22-13-9-8-12-20(22)21(26)15-14-18-10-6-5-7-11-18/h5-13,19,24-25H,4,14-17H2,1-3H3. The molecule has 27 heavy (non-hydrogen) atoms. The van der Waals surface area contributed by atoms with Crippen LogP contribution in [0.15, 0.2) is 54.6 Å². The fourth-order valence-electron chi connectivity index (χ4n) is 2.62. The van der Waals surface area contributed by atoms with Gasteiger partial charge in [0.25, 0.3) is 0 Å². The van der Waals surface area contributed by atoms with Crippen molar-refractivity contribution in [2.75, 3.05) is 13.2 Å². The first-order chi connectivity index (χ1) is 12.9. The second-order valence-electron chi connectivity index (χ2n) is 7.49. The first-order valence-electron chi connectivity index (χ1n) is 9.63. The van der Waals surface area contributed by atoms with E-state index in [0.29, 0.717) is 30.7 Å². The molecule has 2 rings (SSSR count). The highest BCUT2D eigenvalue weighted by Gasteiger charge is 2.17. The minimum atomic E-state index is -0.636. The number of aliphatic hydroxyl groups excluding tert-OH is 1. The van der Waals surface area contributed by atoms with Crippen molar-refractivity contribution in [3.8, 4) is 5.75 Å². The van der Waals surface area contributed by atoms with E-state index in [4.69, 9.17) is 4.74 Å². The smallest absolute Gasteiger partial charge is 0.166 e. The number of ketones is 1. The van der Waals surface area contributed by atoms with E-state index < -0.39 is 6.10 Å². The minimum Gasteiger partial charge on any atom is -0.490 e. The molecule has 0 radical (unpaired) electrons. The zero-order valence-electron chi connectivity index (χ0n) is 16.6. The van der Waals surface area contributed by atoms with Crippen LogP contribution in [0.4, 0.5) is 0 Å². The number of hydrogen-bond donors (Lipinski definition) is 2. The Morgan fingerprint density at radius 3 is 2.48 bits per heavy atom. The summed E-state index contributed by atoms with van der Waals surface area (Å²) in [7, 11) is 0. The second kappa shape index (κ2) is 10.2. The summed E-state index contributed by atoms with van der Waals surface area (Å²) in [5, 5.41) is 13.5. The third-order valence-corrected chi connectivity index (χ3v) is 4.80. The Morgan fingerprint density at radius 1 is 1.11 bits per heavy atom. The van der Waals surface area contributed by atoms with Gasteiger partial charge in [-0.05, 0) is 44.4 Å². The van der Waals surface area contributed by atoms with Crippen LogP contribution in [-0.4, -0.2) is 35.7 Å². The molecule has 0 aliphatic rings. The number of benzene rings is 2. The molecule has 4 heteroatoms. The molecule has 1 unspecified atom stereocenters. The van der Waals surface area contributed by atoms with E-state index in [2.05, 4.69) is 26.1 Å². The maximum atomic E-state index is 12.6. The van der Waals surface area contributed by atoms with Gasteiger partial charge >= 0.3 is 0 Å². The Morgan fingerprint density at radius 2 is 1.78 bits per heavy atom. The van der Waals surface area contributed by atoms with Gasteiger partial charge in [0.05, 0.1) is 5.56 Å². The lowest BCUT2D eigenvalue weighted by Gasteiger charge is -2.26. The molecular formula is C23H31NO3. The number of β-amino-alcohol motifs (C(OH)–C–C–N with tert-alkyl or cyclic N) is 1. The number of ether oxygens (including phenoxy) is 1. The van der Waals surface area contributed by atoms with Crippen molar-refractivity contribution < 1.29 is 14.6 Å². The number of rotatable bonds is 11. The summed E-state index contributed by atoms with van der Waals surface area (Å²) in [6, 6.07) is 17.2. The van der Waals surface area contributed by atoms with E-state index in [9.17, 15) is 9.90 Å². The zero-order valence-corrected chi connectivity index (χ0v) is 16.6. The monoisotopic (exact) mass is 369 g/mol. The van der Waals surface area contributed by atoms with Crippen molar-refractivity contribution in [3.05, 3.63) is 65.7 Å². The first-order valence-corrected chi connectivity index (χ1v) is 9.63. The summed E-state index contributed by atoms with van der Waals surface area (Å²) < 4.78 is 5.76. The summed E-state index contributed by atoms with van der Waals surface area (Å²) >= 11 is 0. The summed E-state index contributed by atoms with van der Waals surface area (Å²) in [6.07, 6.45) is 1.47. The third-order valence-electron chi connectivity index (χ3n) is 4.80. The summed E-state index contributed by atoms with van der Waals surface area (Å²) in [5.74, 6) is 0.582. The van der Waals surface area contributed by atoms with Crippen molar-refractivity contribution in [2.24, 2.45) is 0 Å². The molecular weight excluding hydrogens is 338 g/mol. The van der Waals surface area contributed by atoms with Gasteiger partial charge in [0.1, 0.15) is 18.5 Å². The van der Waals surface area contributed by atoms with E-state index in [0.717, 1.165) is 12.0 Å². The van der Waals surface area contributed by atoms with E-state index in [1.54, 1.807) is 12.1 Å². The van der Waals surface area contributed by atoms with Crippen molar-refractivity contribution in [1.82, 2.24) is 5.32 Å². The Hall–Kier alpha value is -2.17. The van der Waals surface area contributed by atoms with Crippen molar-refractivity contribution >= 4 is 5.78 Å². The van der Waals surface area contributed by atoms with Gasteiger partial charge < -0.3 is 15.2 Å². The van der Waals surface area contributed by atoms with E-state index in [-0.39, 0.29) is 17.9 Å². The Labute approximate surface area is 162 Å². The van der Waals surface area contributed by atoms with Gasteiger partial charge in [0.2, 0.25) is 0 Å². The summed E-state index contributed by atoms with van der Waals surface area (Å²) in [5.41, 5.74) is 1.69. The van der Waals surface area contributed by atoms with Crippen LogP contribution in [0.3, 0.4) is 0 Å². The molecule has 2 N–H and O–H groups in total. The number of Topliss-reactive ketones (excluding diaryl/α,β-unsaturated/α-hetero) is 1. The predicted molar refractivity (Wildman–Crippen MR) is 109 cm³/mol. The van der Waals surface area contributed by atoms with E-state index in [1.807, 2.05) is 42.5 Å². The van der Waals surface area contributed by atoms with Crippen LogP contribution in [0.25, 0.3) is 0 Å². The Balaban J connectivity index is 1.89. The normalized spacial score (nSPS) is 12.6. The summed E-state index contributed by atoms with van der Waals surface area (Å²) in [6.45, 7) is 6.90. The lowest BCUT2D eigenvalue weighted by Crippen LogP contribution is -2.44. The number of para-hydroxylation sites is 1. The Kier molecular flexibility index (Phi) is 8.01. The number of aryl methyl sites for hydroxylation is 1. The number of hydrogen-bond acceptors (Lipinski definition) is 4. The van der Waals surface area contributed by atoms with Gasteiger partial charge in [0.15, 0.2) is 5.78 Å². The van der Waals surface area contributed by atoms with Crippen LogP contribution in [-0.2, 0) is 6.42 Å². The predicted octanol–water partition coefficient (Wildman–Crippen LogP) is 4.02. The molecule has 0 aliphatic heterocycles. The lowest BCUT2D eigenvalue weighted by molar-refractivity contribution is 0.0927. The maximum Gasteiger partial charge on any atom is 0.166 e. The van der Waals surface area contributed by atoms with Crippen molar-refractivity contribution in [3.63, 3.8) is 0 Å². The molecule has 0 amide bonds. The third kappa shape index (κ3) is 7.16. The van der Waals surface area contributed by atoms with Crippen molar-refractivity contribution in [1.29, 1.82) is 0 Å². The number of carbonyl (C=O) groups excluding carboxylic acids is 1. The molecule has 0 saturated carbocycles. The van der Waals surface area contributed by atoms with Gasteiger partial charge in [-0.1, -0.05) is 49.4 Å². The molecule has 0 spiro atoms. The molecule has 0 fully saturated rings. The molecule has 0 bridgehead atoms. The van der Waals surface area contributed by atoms with Crippen molar-refractivity contribution in [2.45, 2.75) is 51.7 Å². The highest BCUT2D eigenvalue weighted by Crippen LogP contribution is 2.21. The van der Waals surface area contributed by atoms with Gasteiger partial charge in [-0.25, -0.2) is 0 Å². The number of carbonyl (C=O) groups is 1. The van der Waals surface area contributed by atoms with Gasteiger partial charge in [-0.2, -0.15) is 0 Å². The van der Waals surface area contributed by atoms with Gasteiger partial charge in [-0.15, -0.1) is 0 Å². The summed E-state index contributed by atoms with van der Waals surface area (Å²) in [4.78, 5) is 12.6. The maximum absolute atomic E-state index is 12.6. The second-order valence-corrected chi connectivity index (χ2v) is 7.49. The molecule has 0 aromatic heterocycles. The minimum absolute atomic E-state index is 0.0215. The van der Waals surface area contributed by atoms with Gasteiger partial charge in [-0.3, -0.25) is 4.79 Å². The topological polar surface area (TPSA) is 58.6 Å². The fraction of sp³-hybridized carbons (Fsp3) is 0.435. The molecule has 4 nitrogen and oxygen atoms in total. The molecule has 146 valence electrons. The van der Waals surface area contributed by atoms with E-state index in [1.165, 1.54) is 0 Å². The Bertz CT molecular complexity index is 713. The molecule has 0 aliphatic carbocycles. The van der Waals surface area contributed by atoms with Crippen LogP contribution in [0.5, 0.6) is 5.75 Å². The average Bonchev–Trinajstić information content (AvgIpc) is 2.70. The fourth-order valence-corrected chi connectivity index (χ4v) is 2.62. The molecule has 0 heterocycles. The highest BCUT2D eigenvalue weighted by atomic mass is 16.5. The zero-order chi connectivity index (χ0) is 19.7. The molecule has 0 saturated heterocycles. The first kappa shape index (κ1) is 21.1. The van der Waals surface area contributed by atoms with Crippen LogP contribution < -0.4 is 10.1 Å². The molecule has 2 aromatic carbocycles. The molecule has 1 atom stereocenters. The quantitative estimate of drug-likeness (QED) is 0.588.